The molecule has 3 aliphatic rings. The van der Waals surface area contributed by atoms with Crippen molar-refractivity contribution in [2.45, 2.75) is 155 Å². The summed E-state index contributed by atoms with van der Waals surface area (Å²) in [6.07, 6.45) is 27.4. The molecule has 0 heterocycles. The maximum Gasteiger partial charge on any atom is 0.114 e. The summed E-state index contributed by atoms with van der Waals surface area (Å²) < 4.78 is 14.7. The Balaban J connectivity index is 1.29. The van der Waals surface area contributed by atoms with E-state index in [1.165, 1.54) is 122 Å². The number of hydrogen-bond donors (Lipinski definition) is 0. The first-order valence-corrected chi connectivity index (χ1v) is 15.3. The third kappa shape index (κ3) is 9.57. The number of alkyl halides is 1. The smallest absolute Gasteiger partial charge is 0.114 e. The molecule has 3 aliphatic carbocycles. The predicted molar refractivity (Wildman–Crippen MR) is 142 cm³/mol. The van der Waals surface area contributed by atoms with Crippen LogP contribution in [0.3, 0.4) is 0 Å². The van der Waals surface area contributed by atoms with E-state index in [1.54, 1.807) is 0 Å². The minimum absolute atomic E-state index is 0.0300. The summed E-state index contributed by atoms with van der Waals surface area (Å²) in [5.74, 6) is 11.2. The Labute approximate surface area is 206 Å². The Morgan fingerprint density at radius 1 is 0.576 bits per heavy atom. The van der Waals surface area contributed by atoms with Gasteiger partial charge in [-0.15, -0.1) is 0 Å². The molecule has 3 atom stereocenters. The monoisotopic (exact) mass is 458 g/mol. The average Bonchev–Trinajstić information content (AvgIpc) is 2.84. The highest BCUT2D eigenvalue weighted by atomic mass is 19.1. The van der Waals surface area contributed by atoms with E-state index < -0.39 is 6.17 Å². The highest BCUT2D eigenvalue weighted by molar-refractivity contribution is 5.11. The van der Waals surface area contributed by atoms with Crippen LogP contribution in [0.25, 0.3) is 0 Å². The highest BCUT2D eigenvalue weighted by Crippen LogP contribution is 2.42. The highest BCUT2D eigenvalue weighted by Gasteiger charge is 2.31. The Kier molecular flexibility index (Phi) is 12.7. The van der Waals surface area contributed by atoms with Gasteiger partial charge in [-0.05, 0) is 81.5 Å². The van der Waals surface area contributed by atoms with Gasteiger partial charge in [-0.2, -0.15) is 0 Å². The van der Waals surface area contributed by atoms with Crippen molar-refractivity contribution in [2.75, 3.05) is 0 Å². The summed E-state index contributed by atoms with van der Waals surface area (Å²) in [5, 5.41) is 0. The Bertz CT molecular complexity index is 555. The van der Waals surface area contributed by atoms with Crippen LogP contribution in [0.4, 0.5) is 4.39 Å². The number of unbranched alkanes of at least 4 members (excludes halogenated alkanes) is 6. The molecular formula is C32H55F. The summed E-state index contributed by atoms with van der Waals surface area (Å²) in [4.78, 5) is 0. The molecule has 3 unspecified atom stereocenters. The lowest BCUT2D eigenvalue weighted by Gasteiger charge is -2.37. The molecule has 0 nitrogen and oxygen atoms in total. The average molecular weight is 459 g/mol. The number of hydrogen-bond acceptors (Lipinski definition) is 0. The van der Waals surface area contributed by atoms with E-state index >= 15 is 0 Å². The first kappa shape index (κ1) is 27.1. The van der Waals surface area contributed by atoms with Crippen molar-refractivity contribution in [2.24, 2.45) is 35.5 Å². The van der Waals surface area contributed by atoms with Crippen molar-refractivity contribution in [1.82, 2.24) is 0 Å². The van der Waals surface area contributed by atoms with Gasteiger partial charge in [-0.3, -0.25) is 0 Å². The van der Waals surface area contributed by atoms with Crippen molar-refractivity contribution in [3.8, 4) is 11.8 Å². The maximum absolute atomic E-state index is 14.7. The summed E-state index contributed by atoms with van der Waals surface area (Å²) in [7, 11) is 0. The fraction of sp³-hybridized carbons (Fsp3) is 0.938. The molecule has 3 saturated carbocycles. The molecule has 33 heavy (non-hydrogen) atoms. The van der Waals surface area contributed by atoms with Crippen LogP contribution in [0.2, 0.25) is 0 Å². The van der Waals surface area contributed by atoms with E-state index in [4.69, 9.17) is 0 Å². The van der Waals surface area contributed by atoms with Gasteiger partial charge < -0.3 is 0 Å². The zero-order valence-electron chi connectivity index (χ0n) is 22.3. The van der Waals surface area contributed by atoms with Gasteiger partial charge in [0.1, 0.15) is 6.17 Å². The van der Waals surface area contributed by atoms with Crippen LogP contribution in [0, 0.1) is 47.3 Å². The maximum atomic E-state index is 14.7. The molecule has 3 fully saturated rings. The predicted octanol–water partition coefficient (Wildman–Crippen LogP) is 10.3. The summed E-state index contributed by atoms with van der Waals surface area (Å²) in [6.45, 7) is 4.56. The van der Waals surface area contributed by atoms with Crippen LogP contribution in [0.5, 0.6) is 0 Å². The van der Waals surface area contributed by atoms with Crippen LogP contribution in [0.1, 0.15) is 149 Å². The van der Waals surface area contributed by atoms with Crippen molar-refractivity contribution in [3.05, 3.63) is 0 Å². The van der Waals surface area contributed by atoms with E-state index in [2.05, 4.69) is 25.7 Å². The molecule has 0 N–H and O–H groups in total. The van der Waals surface area contributed by atoms with E-state index in [0.717, 1.165) is 30.6 Å². The van der Waals surface area contributed by atoms with Gasteiger partial charge in [-0.25, -0.2) is 4.39 Å². The summed E-state index contributed by atoms with van der Waals surface area (Å²) in [6, 6.07) is 0. The summed E-state index contributed by atoms with van der Waals surface area (Å²) >= 11 is 0. The lowest BCUT2D eigenvalue weighted by atomic mass is 9.68. The van der Waals surface area contributed by atoms with Crippen LogP contribution in [-0.2, 0) is 0 Å². The largest absolute Gasteiger partial charge is 0.246 e. The lowest BCUT2D eigenvalue weighted by Crippen LogP contribution is -2.26. The molecule has 0 bridgehead atoms. The molecule has 0 saturated heterocycles. The molecular weight excluding hydrogens is 403 g/mol. The topological polar surface area (TPSA) is 0 Å². The van der Waals surface area contributed by atoms with Crippen LogP contribution < -0.4 is 0 Å². The van der Waals surface area contributed by atoms with Gasteiger partial charge in [0.05, 0.1) is 5.92 Å². The standard InChI is InChI=1S/C32H55F/c1-3-5-7-8-10-11-26-13-19-29(20-14-26)30-21-15-27(16-22-30)17-23-31-24-18-28(25-32(31)33)12-9-6-4-2/h26-32H,3-16,18-22,24-25H2,1-2H3/t26-,27-,28?,29-,30-,31?,32?. The van der Waals surface area contributed by atoms with E-state index in [1.807, 2.05) is 0 Å². The second-order valence-electron chi connectivity index (χ2n) is 12.2. The molecule has 0 aliphatic heterocycles. The second kappa shape index (κ2) is 15.5. The molecule has 0 aromatic rings. The summed E-state index contributed by atoms with van der Waals surface area (Å²) in [5.41, 5.74) is 0. The van der Waals surface area contributed by atoms with Crippen molar-refractivity contribution < 1.29 is 4.39 Å². The van der Waals surface area contributed by atoms with E-state index in [0.29, 0.717) is 11.8 Å². The molecule has 3 rings (SSSR count). The van der Waals surface area contributed by atoms with Crippen molar-refractivity contribution in [1.29, 1.82) is 0 Å². The van der Waals surface area contributed by atoms with E-state index in [9.17, 15) is 4.39 Å². The second-order valence-corrected chi connectivity index (χ2v) is 12.2. The Hall–Kier alpha value is -0.510. The normalized spacial score (nSPS) is 35.1. The zero-order chi connectivity index (χ0) is 23.3. The zero-order valence-corrected chi connectivity index (χ0v) is 22.3. The van der Waals surface area contributed by atoms with Crippen molar-refractivity contribution >= 4 is 0 Å². The minimum Gasteiger partial charge on any atom is -0.246 e. The van der Waals surface area contributed by atoms with E-state index in [-0.39, 0.29) is 5.92 Å². The SMILES string of the molecule is CCCCCCC[C@H]1CC[C@H]([C@H]2CC[C@H](C#CC3CCC(CCCCC)CC3F)CC2)CC1. The fourth-order valence-electron chi connectivity index (χ4n) is 7.25. The van der Waals surface area contributed by atoms with Gasteiger partial charge in [-0.1, -0.05) is 103 Å². The van der Waals surface area contributed by atoms with Gasteiger partial charge in [0.15, 0.2) is 0 Å². The molecule has 0 aromatic carbocycles. The first-order chi connectivity index (χ1) is 16.2. The van der Waals surface area contributed by atoms with Crippen molar-refractivity contribution in [3.63, 3.8) is 0 Å². The third-order valence-corrected chi connectivity index (χ3v) is 9.62. The van der Waals surface area contributed by atoms with Gasteiger partial charge in [0.2, 0.25) is 0 Å². The minimum atomic E-state index is -0.670. The van der Waals surface area contributed by atoms with Gasteiger partial charge >= 0.3 is 0 Å². The van der Waals surface area contributed by atoms with Gasteiger partial charge in [0, 0.05) is 5.92 Å². The molecule has 0 amide bonds. The van der Waals surface area contributed by atoms with Crippen LogP contribution in [0.15, 0.2) is 0 Å². The van der Waals surface area contributed by atoms with Crippen LogP contribution in [-0.4, -0.2) is 6.17 Å². The molecule has 190 valence electrons. The molecule has 0 aromatic heterocycles. The first-order valence-electron chi connectivity index (χ1n) is 15.3. The Morgan fingerprint density at radius 2 is 1.12 bits per heavy atom. The number of halogens is 1. The number of rotatable bonds is 11. The third-order valence-electron chi connectivity index (χ3n) is 9.62. The quantitative estimate of drug-likeness (QED) is 0.213. The fourth-order valence-corrected chi connectivity index (χ4v) is 7.25. The van der Waals surface area contributed by atoms with Crippen LogP contribution >= 0.6 is 0 Å². The Morgan fingerprint density at radius 3 is 1.79 bits per heavy atom. The molecule has 0 spiro atoms. The molecule has 1 heteroatoms. The van der Waals surface area contributed by atoms with Gasteiger partial charge in [0.25, 0.3) is 0 Å². The lowest BCUT2D eigenvalue weighted by molar-refractivity contribution is 0.149. The molecule has 0 radical (unpaired) electrons.